The Hall–Kier alpha value is -5.66. The van der Waals surface area contributed by atoms with Gasteiger partial charge in [-0.3, -0.25) is 9.97 Å². The van der Waals surface area contributed by atoms with Crippen molar-refractivity contribution in [2.24, 2.45) is 0 Å². The van der Waals surface area contributed by atoms with E-state index in [2.05, 4.69) is 178 Å². The van der Waals surface area contributed by atoms with Crippen molar-refractivity contribution in [3.8, 4) is 39.5 Å². The molecule has 0 aliphatic carbocycles. The molecule has 0 amide bonds. The number of hydrogen-bond donors (Lipinski definition) is 0. The molecular weight excluding hydrogens is 1050 g/mol. The Labute approximate surface area is 410 Å². The number of hydrogen-bond acceptors (Lipinski definition) is 4. The number of rotatable bonds is 8. The van der Waals surface area contributed by atoms with Crippen molar-refractivity contribution >= 4 is 61.5 Å². The minimum atomic E-state index is -2.09. The van der Waals surface area contributed by atoms with Crippen LogP contribution in [-0.4, -0.2) is 32.8 Å². The van der Waals surface area contributed by atoms with Crippen LogP contribution in [0.3, 0.4) is 0 Å². The van der Waals surface area contributed by atoms with E-state index in [1.807, 2.05) is 24.4 Å². The molecule has 4 aromatic heterocycles. The summed E-state index contributed by atoms with van der Waals surface area (Å²) < 4.78 is 32.7. The fraction of sp³-hybridized carbons (Fsp3) is 0.237. The van der Waals surface area contributed by atoms with Gasteiger partial charge in [-0.25, -0.2) is 0 Å². The molecule has 10 aromatic rings. The molecule has 0 fully saturated rings. The van der Waals surface area contributed by atoms with Crippen LogP contribution in [0.15, 0.2) is 138 Å². The summed E-state index contributed by atoms with van der Waals surface area (Å²) in [6.07, 6.45) is 2.02. The van der Waals surface area contributed by atoms with Gasteiger partial charge in [0.1, 0.15) is 5.58 Å². The molecule has 0 bridgehead atoms. The average Bonchev–Trinajstić information content (AvgIpc) is 3.91. The maximum Gasteiger partial charge on any atom is 0 e. The first-order valence-corrected chi connectivity index (χ1v) is 30.1. The quantitative estimate of drug-likeness (QED) is 0.112. The summed E-state index contributed by atoms with van der Waals surface area (Å²) in [7, 11) is 0. The molecule has 0 aliphatic heterocycles. The van der Waals surface area contributed by atoms with Crippen LogP contribution in [-0.2, 0) is 20.1 Å². The zero-order chi connectivity index (χ0) is 48.2. The zero-order valence-electron chi connectivity index (χ0n) is 42.5. The van der Waals surface area contributed by atoms with Gasteiger partial charge in [-0.2, -0.15) is 0 Å². The van der Waals surface area contributed by atoms with Crippen molar-refractivity contribution in [2.45, 2.75) is 90.3 Å². The minimum absolute atomic E-state index is 0. The van der Waals surface area contributed by atoms with Crippen LogP contribution < -0.4 is 4.40 Å². The van der Waals surface area contributed by atoms with E-state index in [1.165, 1.54) is 37.9 Å². The van der Waals surface area contributed by atoms with Crippen LogP contribution in [0.25, 0.3) is 83.3 Å². The van der Waals surface area contributed by atoms with E-state index in [0.29, 0.717) is 11.5 Å². The topological polar surface area (TPSA) is 56.7 Å². The van der Waals surface area contributed by atoms with E-state index >= 15 is 0 Å². The fourth-order valence-corrected chi connectivity index (χ4v) is 12.6. The standard InChI is InChI=1S/C41H34N3O.C18H24GeN.Ir/c1-24(2)33-22-28(27-14-7-6-8-15-27)23-34(25(3)4)38(33)44-39-31-17-9-11-20-35(31)42-26(5)37(39)43-41(44)32-19-13-18-30-29-16-10-12-21-36(29)45-40(30)32;1-13(2)16-11-18(15-9-7-14(3)8-10-15)20-12-17(16)19(4,5)6;/h6-18,20-25H,1-5H3;7-9,11-13H,1-6H3;/q2*-1;/i;3D3;. The molecule has 7 heteroatoms. The molecular formula is C59H58GeIrN4O-2. The molecule has 0 spiro atoms. The number of aromatic nitrogens is 4. The summed E-state index contributed by atoms with van der Waals surface area (Å²) in [5.41, 5.74) is 15.9. The van der Waals surface area contributed by atoms with Gasteiger partial charge in [0.05, 0.1) is 33.7 Å². The molecule has 6 aromatic carbocycles. The number of imidazole rings is 1. The summed E-state index contributed by atoms with van der Waals surface area (Å²) in [4.78, 5) is 15.0. The van der Waals surface area contributed by atoms with Gasteiger partial charge in [-0.1, -0.05) is 105 Å². The molecule has 0 atom stereocenters. The molecule has 0 unspecified atom stereocenters. The van der Waals surface area contributed by atoms with Crippen molar-refractivity contribution in [1.29, 1.82) is 0 Å². The molecule has 0 saturated heterocycles. The Morgan fingerprint density at radius 1 is 0.682 bits per heavy atom. The summed E-state index contributed by atoms with van der Waals surface area (Å²) in [5.74, 6) is 8.89. The molecule has 4 heterocycles. The van der Waals surface area contributed by atoms with Gasteiger partial charge in [0, 0.05) is 36.6 Å². The smallest absolute Gasteiger partial charge is 0 e. The predicted molar refractivity (Wildman–Crippen MR) is 277 cm³/mol. The van der Waals surface area contributed by atoms with E-state index < -0.39 is 20.1 Å². The van der Waals surface area contributed by atoms with Crippen molar-refractivity contribution in [2.75, 3.05) is 0 Å². The van der Waals surface area contributed by atoms with Gasteiger partial charge in [0.25, 0.3) is 0 Å². The van der Waals surface area contributed by atoms with Gasteiger partial charge in [0.2, 0.25) is 0 Å². The number of aryl methyl sites for hydroxylation is 2. The van der Waals surface area contributed by atoms with E-state index in [4.69, 9.17) is 18.5 Å². The van der Waals surface area contributed by atoms with Crippen LogP contribution in [0.5, 0.6) is 0 Å². The summed E-state index contributed by atoms with van der Waals surface area (Å²) in [5, 5.41) is 3.22. The third kappa shape index (κ3) is 8.84. The predicted octanol–water partition coefficient (Wildman–Crippen LogP) is 15.7. The second-order valence-corrected chi connectivity index (χ2v) is 29.7. The number of benzene rings is 6. The van der Waals surface area contributed by atoms with Crippen LogP contribution >= 0.6 is 0 Å². The van der Waals surface area contributed by atoms with Crippen molar-refractivity contribution in [3.63, 3.8) is 0 Å². The third-order valence-electron chi connectivity index (χ3n) is 12.4. The van der Waals surface area contributed by atoms with Gasteiger partial charge in [0.15, 0.2) is 0 Å². The van der Waals surface area contributed by atoms with Crippen LogP contribution in [0.4, 0.5) is 0 Å². The average molecular weight is 1110 g/mol. The Morgan fingerprint density at radius 2 is 1.35 bits per heavy atom. The van der Waals surface area contributed by atoms with Gasteiger partial charge in [-0.05, 0) is 65.3 Å². The van der Waals surface area contributed by atoms with Crippen LogP contribution in [0, 0.1) is 25.9 Å². The number of fused-ring (bicyclic) bond motifs is 6. The second kappa shape index (κ2) is 18.9. The normalized spacial score (nSPS) is 12.7. The molecule has 1 radical (unpaired) electrons. The van der Waals surface area contributed by atoms with E-state index in [9.17, 15) is 0 Å². The van der Waals surface area contributed by atoms with Crippen LogP contribution in [0.1, 0.15) is 91.4 Å². The SMILES string of the molecule is Cc1nc2ccccc2c2c1nc(-c1[c-]ccc3c1oc1ccccc13)n2-c1c(C(C)C)cc(-c2ccccc2)cc1C(C)C.[2H]C([2H])([2H])c1c[c-]c(-c2cc(C(C)C)[c]([Ge]([CH3])([CH3])[CH3])cn2)cc1.[Ir]. The number of furan rings is 1. The van der Waals surface area contributed by atoms with Crippen LogP contribution in [0.2, 0.25) is 17.3 Å². The summed E-state index contributed by atoms with van der Waals surface area (Å²) in [6.45, 7) is 13.5. The Morgan fingerprint density at radius 3 is 2.00 bits per heavy atom. The molecule has 0 saturated carbocycles. The maximum atomic E-state index is 7.44. The Bertz CT molecular complexity index is 3450. The summed E-state index contributed by atoms with van der Waals surface area (Å²) in [6, 6.07) is 49.9. The molecule has 66 heavy (non-hydrogen) atoms. The van der Waals surface area contributed by atoms with Crippen molar-refractivity contribution in [3.05, 3.63) is 174 Å². The first-order valence-electron chi connectivity index (χ1n) is 24.3. The molecule has 0 N–H and O–H groups in total. The van der Waals surface area contributed by atoms with Gasteiger partial charge < -0.3 is 8.98 Å². The van der Waals surface area contributed by atoms with Gasteiger partial charge >= 0.3 is 130 Å². The van der Waals surface area contributed by atoms with E-state index in [0.717, 1.165) is 72.2 Å². The number of nitrogens with zero attached hydrogens (tertiary/aromatic N) is 4. The Kier molecular flexibility index (Phi) is 12.3. The monoisotopic (exact) mass is 1110 g/mol. The molecule has 335 valence electrons. The zero-order valence-corrected chi connectivity index (χ0v) is 44.0. The largest absolute Gasteiger partial charge is 0 e. The van der Waals surface area contributed by atoms with Crippen molar-refractivity contribution in [1.82, 2.24) is 19.5 Å². The second-order valence-electron chi connectivity index (χ2n) is 19.1. The first-order chi connectivity index (χ1) is 32.4. The molecule has 5 nitrogen and oxygen atoms in total. The van der Waals surface area contributed by atoms with Crippen molar-refractivity contribution < 1.29 is 28.6 Å². The van der Waals surface area contributed by atoms with E-state index in [1.54, 1.807) is 18.2 Å². The fourth-order valence-electron chi connectivity index (χ4n) is 9.09. The van der Waals surface area contributed by atoms with E-state index in [-0.39, 0.29) is 31.9 Å². The number of para-hydroxylation sites is 2. The maximum absolute atomic E-state index is 7.44. The molecule has 10 rings (SSSR count). The summed E-state index contributed by atoms with van der Waals surface area (Å²) >= 11 is -1.97. The van der Waals surface area contributed by atoms with Gasteiger partial charge in [-0.15, -0.1) is 18.2 Å². The first kappa shape index (κ1) is 42.9. The Balaban J connectivity index is 0.000000227. The molecule has 0 aliphatic rings. The number of pyridine rings is 2. The minimum Gasteiger partial charge on any atom is 0 e. The third-order valence-corrected chi connectivity index (χ3v) is 16.7.